The van der Waals surface area contributed by atoms with Crippen LogP contribution in [0.25, 0.3) is 5.76 Å². The molecule has 1 unspecified atom stereocenters. The van der Waals surface area contributed by atoms with Gasteiger partial charge in [0, 0.05) is 12.1 Å². The second-order valence-corrected chi connectivity index (χ2v) is 9.29. The van der Waals surface area contributed by atoms with E-state index in [0.717, 1.165) is 16.7 Å². The topological polar surface area (TPSA) is 89.2 Å². The molecule has 36 heavy (non-hydrogen) atoms. The van der Waals surface area contributed by atoms with Crippen LogP contribution < -0.4 is 9.47 Å². The van der Waals surface area contributed by atoms with Crippen molar-refractivity contribution in [2.45, 2.75) is 46.2 Å². The molecule has 2 aromatic carbocycles. The summed E-state index contributed by atoms with van der Waals surface area (Å²) in [4.78, 5) is 28.1. The van der Waals surface area contributed by atoms with Gasteiger partial charge in [-0.05, 0) is 72.9 Å². The van der Waals surface area contributed by atoms with Crippen molar-refractivity contribution in [3.05, 3.63) is 87.9 Å². The average Bonchev–Trinajstić information content (AvgIpc) is 3.39. The Hall–Kier alpha value is -4.00. The predicted octanol–water partition coefficient (Wildman–Crippen LogP) is 5.66. The summed E-state index contributed by atoms with van der Waals surface area (Å²) in [5, 5.41) is 11.5. The number of carbonyl (C=O) groups is 2. The fourth-order valence-corrected chi connectivity index (χ4v) is 4.59. The minimum atomic E-state index is -0.871. The Kier molecular flexibility index (Phi) is 6.93. The number of hydrogen-bond donors (Lipinski definition) is 1. The second kappa shape index (κ2) is 9.93. The number of ether oxygens (including phenoxy) is 2. The summed E-state index contributed by atoms with van der Waals surface area (Å²) in [7, 11) is 3.18. The molecule has 0 radical (unpaired) electrons. The minimum Gasteiger partial charge on any atom is -0.507 e. The molecule has 1 aliphatic heterocycles. The van der Waals surface area contributed by atoms with Gasteiger partial charge in [-0.3, -0.25) is 9.59 Å². The molecule has 7 heteroatoms. The van der Waals surface area contributed by atoms with E-state index in [0.29, 0.717) is 28.6 Å². The van der Waals surface area contributed by atoms with Crippen LogP contribution in [-0.2, 0) is 16.1 Å². The van der Waals surface area contributed by atoms with E-state index in [9.17, 15) is 14.7 Å². The van der Waals surface area contributed by atoms with Crippen molar-refractivity contribution in [2.24, 2.45) is 0 Å². The number of amides is 1. The lowest BCUT2D eigenvalue weighted by Gasteiger charge is -2.24. The van der Waals surface area contributed by atoms with Crippen LogP contribution in [0.5, 0.6) is 11.5 Å². The molecule has 0 saturated carbocycles. The molecule has 1 aliphatic rings. The number of rotatable bonds is 7. The van der Waals surface area contributed by atoms with Crippen molar-refractivity contribution in [1.82, 2.24) is 4.90 Å². The van der Waals surface area contributed by atoms with Crippen LogP contribution in [0.2, 0.25) is 0 Å². The van der Waals surface area contributed by atoms with Gasteiger partial charge in [0.05, 0.1) is 19.8 Å². The highest BCUT2D eigenvalue weighted by Gasteiger charge is 2.47. The van der Waals surface area contributed by atoms with Crippen LogP contribution in [0.4, 0.5) is 0 Å². The van der Waals surface area contributed by atoms with E-state index in [2.05, 4.69) is 0 Å². The quantitative estimate of drug-likeness (QED) is 0.262. The first-order valence-corrected chi connectivity index (χ1v) is 11.8. The third kappa shape index (κ3) is 4.49. The maximum atomic E-state index is 13.4. The van der Waals surface area contributed by atoms with Crippen LogP contribution in [0, 0.1) is 13.8 Å². The second-order valence-electron chi connectivity index (χ2n) is 9.29. The van der Waals surface area contributed by atoms with E-state index < -0.39 is 17.7 Å². The Bertz CT molecular complexity index is 1330. The Morgan fingerprint density at radius 3 is 2.28 bits per heavy atom. The number of nitrogens with zero attached hydrogens (tertiary/aromatic N) is 1. The van der Waals surface area contributed by atoms with E-state index in [4.69, 9.17) is 13.9 Å². The molecule has 4 rings (SSSR count). The average molecular weight is 490 g/mol. The Balaban J connectivity index is 1.87. The number of likely N-dealkylation sites (tertiary alicyclic amines) is 1. The lowest BCUT2D eigenvalue weighted by Crippen LogP contribution is -2.29. The van der Waals surface area contributed by atoms with E-state index in [-0.39, 0.29) is 23.8 Å². The van der Waals surface area contributed by atoms with Crippen molar-refractivity contribution < 1.29 is 28.6 Å². The van der Waals surface area contributed by atoms with Crippen molar-refractivity contribution in [3.63, 3.8) is 0 Å². The molecule has 7 nitrogen and oxygen atoms in total. The number of aliphatic hydroxyl groups is 1. The largest absolute Gasteiger partial charge is 0.507 e. The third-order valence-corrected chi connectivity index (χ3v) is 6.54. The molecule has 1 saturated heterocycles. The van der Waals surface area contributed by atoms with Gasteiger partial charge in [0.25, 0.3) is 11.7 Å². The summed E-state index contributed by atoms with van der Waals surface area (Å²) in [5.74, 6) is 0.898. The van der Waals surface area contributed by atoms with E-state index in [1.165, 1.54) is 4.90 Å². The Morgan fingerprint density at radius 2 is 1.72 bits per heavy atom. The first kappa shape index (κ1) is 25.1. The van der Waals surface area contributed by atoms with Crippen LogP contribution >= 0.6 is 0 Å². The molecule has 3 aromatic rings. The van der Waals surface area contributed by atoms with Crippen LogP contribution in [-0.4, -0.2) is 35.9 Å². The molecule has 188 valence electrons. The SMILES string of the molecule is COc1ccc(CN2C(=O)C(=O)/C(=C(/O)c3cc(C(C)C)c(OC)cc3C)C2c2ccc(C)o2)cc1. The van der Waals surface area contributed by atoms with Gasteiger partial charge < -0.3 is 23.9 Å². The molecular formula is C29H31NO6. The standard InChI is InChI=1S/C29H31NO6/c1-16(2)21-14-22(17(3)13-24(21)35-6)27(31)25-26(23-12-7-18(4)36-23)30(29(33)28(25)32)15-19-8-10-20(34-5)11-9-19/h7-14,16,26,31H,15H2,1-6H3/b27-25+. The number of aliphatic hydroxyl groups excluding tert-OH is 1. The zero-order valence-corrected chi connectivity index (χ0v) is 21.4. The van der Waals surface area contributed by atoms with Crippen molar-refractivity contribution in [1.29, 1.82) is 0 Å². The molecule has 1 amide bonds. The van der Waals surface area contributed by atoms with Crippen LogP contribution in [0.15, 0.2) is 58.5 Å². The molecule has 2 heterocycles. The minimum absolute atomic E-state index is 0.00540. The zero-order valence-electron chi connectivity index (χ0n) is 21.4. The van der Waals surface area contributed by atoms with Crippen LogP contribution in [0.3, 0.4) is 0 Å². The number of hydrogen-bond acceptors (Lipinski definition) is 6. The lowest BCUT2D eigenvalue weighted by atomic mass is 9.92. The highest BCUT2D eigenvalue weighted by atomic mass is 16.5. The highest BCUT2D eigenvalue weighted by molar-refractivity contribution is 6.46. The number of furan rings is 1. The lowest BCUT2D eigenvalue weighted by molar-refractivity contribution is -0.140. The molecule has 0 spiro atoms. The summed E-state index contributed by atoms with van der Waals surface area (Å²) in [5.41, 5.74) is 2.92. The fraction of sp³-hybridized carbons (Fsp3) is 0.310. The van der Waals surface area contributed by atoms with E-state index in [1.807, 2.05) is 45.0 Å². The van der Waals surface area contributed by atoms with E-state index >= 15 is 0 Å². The van der Waals surface area contributed by atoms with Gasteiger partial charge >= 0.3 is 0 Å². The number of Topliss-reactive ketones (excluding diaryl/α,β-unsaturated/α-hetero) is 1. The van der Waals surface area contributed by atoms with Gasteiger partial charge in [-0.25, -0.2) is 0 Å². The molecule has 1 N–H and O–H groups in total. The monoisotopic (exact) mass is 489 g/mol. The Labute approximate surface area is 210 Å². The summed E-state index contributed by atoms with van der Waals surface area (Å²) >= 11 is 0. The van der Waals surface area contributed by atoms with Gasteiger partial charge in [0.15, 0.2) is 0 Å². The zero-order chi connectivity index (χ0) is 26.1. The number of methoxy groups -OCH3 is 2. The molecule has 1 aromatic heterocycles. The predicted molar refractivity (Wildman–Crippen MR) is 136 cm³/mol. The van der Waals surface area contributed by atoms with Crippen molar-refractivity contribution in [3.8, 4) is 11.5 Å². The van der Waals surface area contributed by atoms with E-state index in [1.54, 1.807) is 45.4 Å². The number of carbonyl (C=O) groups excluding carboxylic acids is 2. The fourth-order valence-electron chi connectivity index (χ4n) is 4.59. The number of aryl methyl sites for hydroxylation is 2. The van der Waals surface area contributed by atoms with Gasteiger partial charge in [0.2, 0.25) is 0 Å². The maximum absolute atomic E-state index is 13.4. The van der Waals surface area contributed by atoms with Gasteiger partial charge in [-0.2, -0.15) is 0 Å². The van der Waals surface area contributed by atoms with Crippen LogP contribution in [0.1, 0.15) is 59.6 Å². The summed E-state index contributed by atoms with van der Waals surface area (Å²) in [6.45, 7) is 7.84. The summed E-state index contributed by atoms with van der Waals surface area (Å²) < 4.78 is 16.6. The third-order valence-electron chi connectivity index (χ3n) is 6.54. The van der Waals surface area contributed by atoms with Gasteiger partial charge in [0.1, 0.15) is 34.8 Å². The first-order chi connectivity index (χ1) is 17.2. The van der Waals surface area contributed by atoms with Gasteiger partial charge in [-0.1, -0.05) is 26.0 Å². The van der Waals surface area contributed by atoms with Crippen molar-refractivity contribution >= 4 is 17.4 Å². The molecule has 0 aliphatic carbocycles. The van der Waals surface area contributed by atoms with Gasteiger partial charge in [-0.15, -0.1) is 0 Å². The summed E-state index contributed by atoms with van der Waals surface area (Å²) in [6.07, 6.45) is 0. The molecule has 1 fully saturated rings. The highest BCUT2D eigenvalue weighted by Crippen LogP contribution is 2.42. The molecular weight excluding hydrogens is 458 g/mol. The molecule has 1 atom stereocenters. The smallest absolute Gasteiger partial charge is 0.296 e. The number of ketones is 1. The maximum Gasteiger partial charge on any atom is 0.296 e. The summed E-state index contributed by atoms with van der Waals surface area (Å²) in [6, 6.07) is 13.6. The molecule has 0 bridgehead atoms. The first-order valence-electron chi connectivity index (χ1n) is 11.8. The number of benzene rings is 2. The normalized spacial score (nSPS) is 17.2. The van der Waals surface area contributed by atoms with Crippen molar-refractivity contribution in [2.75, 3.05) is 14.2 Å². The Morgan fingerprint density at radius 1 is 1.03 bits per heavy atom.